The molecule has 1 heterocycles. The van der Waals surface area contributed by atoms with Gasteiger partial charge in [0.1, 0.15) is 5.56 Å². The molecule has 1 aromatic heterocycles. The van der Waals surface area contributed by atoms with Crippen molar-refractivity contribution in [3.8, 4) is 11.5 Å². The number of carbonyl (C=O) groups is 1. The molecule has 6 heteroatoms. The fraction of sp³-hybridized carbons (Fsp3) is 0.412. The van der Waals surface area contributed by atoms with Crippen LogP contribution >= 0.6 is 0 Å². The summed E-state index contributed by atoms with van der Waals surface area (Å²) in [6.07, 6.45) is 3.47. The number of rotatable bonds is 2. The summed E-state index contributed by atoms with van der Waals surface area (Å²) in [4.78, 5) is 25.1. The van der Waals surface area contributed by atoms with Crippen molar-refractivity contribution in [2.24, 2.45) is 0 Å². The number of phenols is 2. The fourth-order valence-corrected chi connectivity index (χ4v) is 2.60. The van der Waals surface area contributed by atoms with Crippen molar-refractivity contribution in [1.29, 1.82) is 0 Å². The van der Waals surface area contributed by atoms with Gasteiger partial charge in [-0.3, -0.25) is 9.59 Å². The highest BCUT2D eigenvalue weighted by atomic mass is 16.3. The number of phenolic OH excluding ortho intramolecular Hbond substituents is 2. The molecule has 0 aliphatic heterocycles. The number of fused-ring (bicyclic) bond motifs is 1. The summed E-state index contributed by atoms with van der Waals surface area (Å²) in [5.41, 5.74) is -0.335. The first-order valence-corrected chi connectivity index (χ1v) is 7.61. The SMILES string of the molecule is CC(C)(C)NC(=O)c1cn(C2CC2)c2cc(O)c(O)cc2c1=O. The molecular weight excluding hydrogens is 296 g/mol. The van der Waals surface area contributed by atoms with Gasteiger partial charge in [-0.15, -0.1) is 0 Å². The van der Waals surface area contributed by atoms with Crippen LogP contribution in [0.3, 0.4) is 0 Å². The molecule has 1 aliphatic rings. The molecule has 0 bridgehead atoms. The predicted molar refractivity (Wildman–Crippen MR) is 87.0 cm³/mol. The molecule has 122 valence electrons. The Bertz CT molecular complexity index is 857. The van der Waals surface area contributed by atoms with Crippen LogP contribution in [-0.4, -0.2) is 26.2 Å². The van der Waals surface area contributed by atoms with Gasteiger partial charge in [-0.05, 0) is 39.7 Å². The Balaban J connectivity index is 2.24. The Hall–Kier alpha value is -2.50. The molecule has 1 aliphatic carbocycles. The lowest BCUT2D eigenvalue weighted by Crippen LogP contribution is -2.42. The molecule has 1 amide bonds. The van der Waals surface area contributed by atoms with Crippen LogP contribution in [0.5, 0.6) is 11.5 Å². The van der Waals surface area contributed by atoms with Gasteiger partial charge in [-0.1, -0.05) is 0 Å². The van der Waals surface area contributed by atoms with Crippen LogP contribution in [0.15, 0.2) is 23.1 Å². The topological polar surface area (TPSA) is 91.6 Å². The lowest BCUT2D eigenvalue weighted by atomic mass is 10.1. The molecular formula is C17H20N2O4. The molecule has 2 aromatic rings. The first-order chi connectivity index (χ1) is 10.7. The van der Waals surface area contributed by atoms with E-state index < -0.39 is 16.9 Å². The lowest BCUT2D eigenvalue weighted by molar-refractivity contribution is 0.0918. The first kappa shape index (κ1) is 15.4. The summed E-state index contributed by atoms with van der Waals surface area (Å²) >= 11 is 0. The standard InChI is InChI=1S/C17H20N2O4/c1-17(2,3)18-16(23)11-8-19(9-4-5-9)12-7-14(21)13(20)6-10(12)15(11)22/h6-9,20-21H,4-5H2,1-3H3,(H,18,23). The molecule has 23 heavy (non-hydrogen) atoms. The Morgan fingerprint density at radius 1 is 1.22 bits per heavy atom. The van der Waals surface area contributed by atoms with E-state index >= 15 is 0 Å². The van der Waals surface area contributed by atoms with Crippen LogP contribution in [0.2, 0.25) is 0 Å². The highest BCUT2D eigenvalue weighted by Crippen LogP contribution is 2.38. The zero-order chi connectivity index (χ0) is 16.9. The van der Waals surface area contributed by atoms with Gasteiger partial charge in [-0.2, -0.15) is 0 Å². The number of hydrogen-bond donors (Lipinski definition) is 3. The van der Waals surface area contributed by atoms with Crippen LogP contribution in [0.25, 0.3) is 10.9 Å². The number of aromatic hydroxyl groups is 2. The van der Waals surface area contributed by atoms with Crippen molar-refractivity contribution >= 4 is 16.8 Å². The van der Waals surface area contributed by atoms with Crippen molar-refractivity contribution < 1.29 is 15.0 Å². The minimum Gasteiger partial charge on any atom is -0.504 e. The van der Waals surface area contributed by atoms with Gasteiger partial charge in [0.05, 0.1) is 10.9 Å². The maximum Gasteiger partial charge on any atom is 0.257 e. The molecule has 1 saturated carbocycles. The maximum absolute atomic E-state index is 12.6. The molecule has 0 atom stereocenters. The maximum atomic E-state index is 12.6. The molecule has 0 radical (unpaired) electrons. The average Bonchev–Trinajstić information content (AvgIpc) is 3.24. The zero-order valence-electron chi connectivity index (χ0n) is 13.4. The molecule has 6 nitrogen and oxygen atoms in total. The van der Waals surface area contributed by atoms with E-state index in [4.69, 9.17) is 0 Å². The van der Waals surface area contributed by atoms with E-state index in [1.807, 2.05) is 25.3 Å². The highest BCUT2D eigenvalue weighted by Gasteiger charge is 2.28. The second kappa shape index (κ2) is 5.01. The van der Waals surface area contributed by atoms with Crippen LogP contribution in [-0.2, 0) is 0 Å². The molecule has 0 unspecified atom stereocenters. The first-order valence-electron chi connectivity index (χ1n) is 7.61. The van der Waals surface area contributed by atoms with Crippen LogP contribution < -0.4 is 10.7 Å². The quantitative estimate of drug-likeness (QED) is 0.741. The molecule has 3 N–H and O–H groups in total. The van der Waals surface area contributed by atoms with Crippen LogP contribution in [0, 0.1) is 0 Å². The third-order valence-corrected chi connectivity index (χ3v) is 3.80. The minimum atomic E-state index is -0.458. The van der Waals surface area contributed by atoms with E-state index in [0.29, 0.717) is 5.52 Å². The van der Waals surface area contributed by atoms with Crippen LogP contribution in [0.4, 0.5) is 0 Å². The Kier molecular flexibility index (Phi) is 3.35. The average molecular weight is 316 g/mol. The molecule has 3 rings (SSSR count). The smallest absolute Gasteiger partial charge is 0.257 e. The van der Waals surface area contributed by atoms with Crippen molar-refractivity contribution in [2.75, 3.05) is 0 Å². The number of aromatic nitrogens is 1. The number of hydrogen-bond acceptors (Lipinski definition) is 4. The Morgan fingerprint density at radius 2 is 1.83 bits per heavy atom. The van der Waals surface area contributed by atoms with Crippen LogP contribution in [0.1, 0.15) is 50.0 Å². The van der Waals surface area contributed by atoms with E-state index in [0.717, 1.165) is 12.8 Å². The molecule has 0 spiro atoms. The van der Waals surface area contributed by atoms with Gasteiger partial charge < -0.3 is 20.1 Å². The second-order valence-electron chi connectivity index (χ2n) is 7.07. The number of nitrogens with one attached hydrogen (secondary N) is 1. The second-order valence-corrected chi connectivity index (χ2v) is 7.07. The number of nitrogens with zero attached hydrogens (tertiary/aromatic N) is 1. The van der Waals surface area contributed by atoms with Gasteiger partial charge in [0.15, 0.2) is 11.5 Å². The lowest BCUT2D eigenvalue weighted by Gasteiger charge is -2.21. The summed E-state index contributed by atoms with van der Waals surface area (Å²) in [5.74, 6) is -1.09. The van der Waals surface area contributed by atoms with Gasteiger partial charge in [0, 0.05) is 23.8 Å². The zero-order valence-corrected chi connectivity index (χ0v) is 13.4. The van der Waals surface area contributed by atoms with Gasteiger partial charge in [-0.25, -0.2) is 0 Å². The summed E-state index contributed by atoms with van der Waals surface area (Å²) in [7, 11) is 0. The molecule has 0 saturated heterocycles. The largest absolute Gasteiger partial charge is 0.504 e. The Morgan fingerprint density at radius 3 is 2.39 bits per heavy atom. The van der Waals surface area contributed by atoms with E-state index in [1.165, 1.54) is 12.1 Å². The number of carbonyl (C=O) groups excluding carboxylic acids is 1. The van der Waals surface area contributed by atoms with E-state index in [1.54, 1.807) is 6.20 Å². The van der Waals surface area contributed by atoms with Crippen molar-refractivity contribution in [3.63, 3.8) is 0 Å². The van der Waals surface area contributed by atoms with Gasteiger partial charge in [0.25, 0.3) is 5.91 Å². The summed E-state index contributed by atoms with van der Waals surface area (Å²) in [6.45, 7) is 5.53. The van der Waals surface area contributed by atoms with Gasteiger partial charge >= 0.3 is 0 Å². The summed E-state index contributed by atoms with van der Waals surface area (Å²) < 4.78 is 1.84. The summed E-state index contributed by atoms with van der Waals surface area (Å²) in [6, 6.07) is 2.80. The third kappa shape index (κ3) is 2.88. The number of benzene rings is 1. The number of amides is 1. The van der Waals surface area contributed by atoms with E-state index in [9.17, 15) is 19.8 Å². The van der Waals surface area contributed by atoms with E-state index in [2.05, 4.69) is 5.32 Å². The van der Waals surface area contributed by atoms with Crippen molar-refractivity contribution in [1.82, 2.24) is 9.88 Å². The van der Waals surface area contributed by atoms with Crippen molar-refractivity contribution in [2.45, 2.75) is 45.2 Å². The Labute approximate surface area is 133 Å². The molecule has 1 aromatic carbocycles. The van der Waals surface area contributed by atoms with Crippen molar-refractivity contribution in [3.05, 3.63) is 34.1 Å². The predicted octanol–water partition coefficient (Wildman–Crippen LogP) is 2.28. The summed E-state index contributed by atoms with van der Waals surface area (Å²) in [5, 5.41) is 22.4. The third-order valence-electron chi connectivity index (χ3n) is 3.80. The fourth-order valence-electron chi connectivity index (χ4n) is 2.60. The molecule has 1 fully saturated rings. The normalized spacial score (nSPS) is 14.9. The van der Waals surface area contributed by atoms with Gasteiger partial charge in [0.2, 0.25) is 5.43 Å². The monoisotopic (exact) mass is 316 g/mol. The number of pyridine rings is 1. The minimum absolute atomic E-state index is 0.0458. The highest BCUT2D eigenvalue weighted by molar-refractivity contribution is 5.98. The van der Waals surface area contributed by atoms with E-state index in [-0.39, 0.29) is 28.5 Å².